The molecular formula is C11H13BrClNO2. The van der Waals surface area contributed by atoms with E-state index in [0.717, 1.165) is 10.0 Å². The van der Waals surface area contributed by atoms with Gasteiger partial charge in [-0.1, -0.05) is 33.6 Å². The van der Waals surface area contributed by atoms with Gasteiger partial charge in [-0.3, -0.25) is 4.79 Å². The van der Waals surface area contributed by atoms with E-state index >= 15 is 0 Å². The molecule has 5 heteroatoms. The number of benzene rings is 1. The maximum absolute atomic E-state index is 11.1. The van der Waals surface area contributed by atoms with Gasteiger partial charge in [-0.2, -0.15) is 0 Å². The summed E-state index contributed by atoms with van der Waals surface area (Å²) < 4.78 is 5.54. The fraction of sp³-hybridized carbons (Fsp3) is 0.364. The first kappa shape index (κ1) is 13.5. The second-order valence-electron chi connectivity index (χ2n) is 3.36. The van der Waals surface area contributed by atoms with E-state index in [1.54, 1.807) is 6.92 Å². The average molecular weight is 307 g/mol. The Morgan fingerprint density at radius 3 is 2.88 bits per heavy atom. The van der Waals surface area contributed by atoms with Crippen molar-refractivity contribution in [2.24, 2.45) is 0 Å². The summed E-state index contributed by atoms with van der Waals surface area (Å²) in [5, 5.41) is 3.70. The van der Waals surface area contributed by atoms with E-state index in [0.29, 0.717) is 11.6 Å². The average Bonchev–Trinajstić information content (AvgIpc) is 2.26. The fourth-order valence-corrected chi connectivity index (χ4v) is 1.93. The molecule has 0 saturated carbocycles. The van der Waals surface area contributed by atoms with Gasteiger partial charge in [0.15, 0.2) is 0 Å². The molecular weight excluding hydrogens is 293 g/mol. The number of ether oxygens (including phenoxy) is 1. The van der Waals surface area contributed by atoms with E-state index in [4.69, 9.17) is 11.6 Å². The normalized spacial score (nSPS) is 12.2. The number of hydrogen-bond donors (Lipinski definition) is 1. The quantitative estimate of drug-likeness (QED) is 0.869. The van der Waals surface area contributed by atoms with Crippen LogP contribution in [0.15, 0.2) is 22.7 Å². The minimum atomic E-state index is -0.343. The summed E-state index contributed by atoms with van der Waals surface area (Å²) in [6, 6.07) is 5.29. The topological polar surface area (TPSA) is 38.3 Å². The first-order chi connectivity index (χ1) is 7.54. The van der Waals surface area contributed by atoms with Crippen molar-refractivity contribution in [2.45, 2.75) is 19.5 Å². The predicted molar refractivity (Wildman–Crippen MR) is 67.5 cm³/mol. The first-order valence-corrected chi connectivity index (χ1v) is 5.97. The molecule has 0 spiro atoms. The van der Waals surface area contributed by atoms with Crippen LogP contribution in [0.5, 0.6) is 0 Å². The lowest BCUT2D eigenvalue weighted by atomic mass is 10.2. The smallest absolute Gasteiger partial charge is 0.322 e. The van der Waals surface area contributed by atoms with E-state index in [-0.39, 0.29) is 12.0 Å². The summed E-state index contributed by atoms with van der Waals surface area (Å²) in [5.74, 6) is -0.284. The molecule has 3 nitrogen and oxygen atoms in total. The lowest BCUT2D eigenvalue weighted by Gasteiger charge is -2.12. The number of carbonyl (C=O) groups excluding carboxylic acids is 1. The Kier molecular flexibility index (Phi) is 5.25. The van der Waals surface area contributed by atoms with Gasteiger partial charge in [0.2, 0.25) is 0 Å². The van der Waals surface area contributed by atoms with Crippen molar-refractivity contribution >= 4 is 33.5 Å². The highest BCUT2D eigenvalue weighted by Crippen LogP contribution is 2.21. The Labute approximate surface area is 108 Å². The van der Waals surface area contributed by atoms with Gasteiger partial charge in [0.1, 0.15) is 6.04 Å². The predicted octanol–water partition coefficient (Wildman–Crippen LogP) is 2.75. The van der Waals surface area contributed by atoms with Crippen LogP contribution in [0.3, 0.4) is 0 Å². The van der Waals surface area contributed by atoms with E-state index in [1.807, 2.05) is 18.2 Å². The third kappa shape index (κ3) is 3.77. The molecule has 0 unspecified atom stereocenters. The summed E-state index contributed by atoms with van der Waals surface area (Å²) in [7, 11) is 1.37. The van der Waals surface area contributed by atoms with Gasteiger partial charge in [0, 0.05) is 16.0 Å². The monoisotopic (exact) mass is 305 g/mol. The molecule has 1 N–H and O–H groups in total. The Balaban J connectivity index is 2.58. The van der Waals surface area contributed by atoms with Crippen LogP contribution in [0.25, 0.3) is 0 Å². The van der Waals surface area contributed by atoms with Crippen molar-refractivity contribution in [3.63, 3.8) is 0 Å². The number of hydrogen-bond acceptors (Lipinski definition) is 3. The molecule has 16 heavy (non-hydrogen) atoms. The Hall–Kier alpha value is -0.580. The largest absolute Gasteiger partial charge is 0.468 e. The zero-order chi connectivity index (χ0) is 12.1. The molecule has 1 atom stereocenters. The highest BCUT2D eigenvalue weighted by molar-refractivity contribution is 9.10. The van der Waals surface area contributed by atoms with Crippen molar-refractivity contribution in [1.82, 2.24) is 5.32 Å². The molecule has 0 radical (unpaired) electrons. The standard InChI is InChI=1S/C11H13BrClNO2/c1-7(11(15)16-2)14-6-8-3-4-9(12)5-10(8)13/h3-5,7,14H,6H2,1-2H3/t7-/m0/s1. The third-order valence-electron chi connectivity index (χ3n) is 2.17. The SMILES string of the molecule is COC(=O)[C@H](C)NCc1ccc(Br)cc1Cl. The molecule has 0 aromatic heterocycles. The van der Waals surface area contributed by atoms with E-state index in [1.165, 1.54) is 7.11 Å². The van der Waals surface area contributed by atoms with Crippen molar-refractivity contribution in [2.75, 3.05) is 7.11 Å². The molecule has 0 fully saturated rings. The molecule has 0 bridgehead atoms. The lowest BCUT2D eigenvalue weighted by molar-refractivity contribution is -0.142. The zero-order valence-electron chi connectivity index (χ0n) is 9.09. The molecule has 1 rings (SSSR count). The highest BCUT2D eigenvalue weighted by Gasteiger charge is 2.12. The second-order valence-corrected chi connectivity index (χ2v) is 4.68. The van der Waals surface area contributed by atoms with E-state index in [9.17, 15) is 4.79 Å². The van der Waals surface area contributed by atoms with Crippen molar-refractivity contribution in [3.8, 4) is 0 Å². The third-order valence-corrected chi connectivity index (χ3v) is 3.01. The minimum absolute atomic E-state index is 0.284. The molecule has 88 valence electrons. The fourth-order valence-electron chi connectivity index (χ4n) is 1.19. The number of esters is 1. The van der Waals surface area contributed by atoms with Crippen LogP contribution >= 0.6 is 27.5 Å². The molecule has 0 saturated heterocycles. The molecule has 1 aromatic rings. The molecule has 0 aliphatic heterocycles. The second kappa shape index (κ2) is 6.23. The van der Waals surface area contributed by atoms with Gasteiger partial charge in [-0.15, -0.1) is 0 Å². The molecule has 0 amide bonds. The number of halogens is 2. The van der Waals surface area contributed by atoms with Gasteiger partial charge >= 0.3 is 5.97 Å². The number of rotatable bonds is 4. The summed E-state index contributed by atoms with van der Waals surface area (Å²) in [5.41, 5.74) is 0.945. The van der Waals surface area contributed by atoms with Gasteiger partial charge in [0.05, 0.1) is 7.11 Å². The molecule has 0 aliphatic carbocycles. The van der Waals surface area contributed by atoms with Gasteiger partial charge in [-0.25, -0.2) is 0 Å². The Bertz CT molecular complexity index is 384. The van der Waals surface area contributed by atoms with Crippen LogP contribution in [-0.2, 0) is 16.1 Å². The Morgan fingerprint density at radius 1 is 1.62 bits per heavy atom. The molecule has 1 aromatic carbocycles. The van der Waals surface area contributed by atoms with Crippen LogP contribution in [0.1, 0.15) is 12.5 Å². The summed E-state index contributed by atoms with van der Waals surface area (Å²) in [4.78, 5) is 11.1. The molecule has 0 heterocycles. The molecule has 0 aliphatic rings. The van der Waals surface area contributed by atoms with Crippen LogP contribution in [0, 0.1) is 0 Å². The van der Waals surface area contributed by atoms with Gasteiger partial charge < -0.3 is 10.1 Å². The van der Waals surface area contributed by atoms with Crippen LogP contribution in [-0.4, -0.2) is 19.1 Å². The van der Waals surface area contributed by atoms with E-state index < -0.39 is 0 Å². The van der Waals surface area contributed by atoms with Crippen LogP contribution in [0.4, 0.5) is 0 Å². The number of methoxy groups -OCH3 is 1. The number of carbonyl (C=O) groups is 1. The van der Waals surface area contributed by atoms with Crippen molar-refractivity contribution in [1.29, 1.82) is 0 Å². The summed E-state index contributed by atoms with van der Waals surface area (Å²) in [6.45, 7) is 2.28. The van der Waals surface area contributed by atoms with Gasteiger partial charge in [0.25, 0.3) is 0 Å². The number of nitrogens with one attached hydrogen (secondary N) is 1. The Morgan fingerprint density at radius 2 is 2.31 bits per heavy atom. The van der Waals surface area contributed by atoms with Gasteiger partial charge in [-0.05, 0) is 24.6 Å². The summed E-state index contributed by atoms with van der Waals surface area (Å²) >= 11 is 9.37. The van der Waals surface area contributed by atoms with Crippen molar-refractivity contribution < 1.29 is 9.53 Å². The maximum atomic E-state index is 11.1. The minimum Gasteiger partial charge on any atom is -0.468 e. The highest BCUT2D eigenvalue weighted by atomic mass is 79.9. The first-order valence-electron chi connectivity index (χ1n) is 4.79. The van der Waals surface area contributed by atoms with Crippen molar-refractivity contribution in [3.05, 3.63) is 33.3 Å². The van der Waals surface area contributed by atoms with Crippen LogP contribution in [0.2, 0.25) is 5.02 Å². The summed E-state index contributed by atoms with van der Waals surface area (Å²) in [6.07, 6.45) is 0. The lowest BCUT2D eigenvalue weighted by Crippen LogP contribution is -2.34. The zero-order valence-corrected chi connectivity index (χ0v) is 11.4. The maximum Gasteiger partial charge on any atom is 0.322 e. The van der Waals surface area contributed by atoms with Crippen LogP contribution < -0.4 is 5.32 Å². The van der Waals surface area contributed by atoms with E-state index in [2.05, 4.69) is 26.0 Å².